The van der Waals surface area contributed by atoms with Crippen molar-refractivity contribution in [1.82, 2.24) is 0 Å². The van der Waals surface area contributed by atoms with Gasteiger partial charge >= 0.3 is 0 Å². The van der Waals surface area contributed by atoms with Crippen LogP contribution in [0.2, 0.25) is 0 Å². The molecule has 0 spiro atoms. The maximum Gasteiger partial charge on any atom is 0.0782 e. The standard InChI is InChI=1S/2C22H48N.C2H5O.ClH/c2*1-5-7-9-11-13-15-17-19-21-23(3,4)22-20-18-16-14-12-10-8-6-2;1-2-3;/h2*5-22H2,1-4H3;2H2,1H3;1H/q2*+1;-1;/p-1. The van der Waals surface area contributed by atoms with Crippen LogP contribution < -0.4 is 17.5 Å². The Labute approximate surface area is 326 Å². The minimum absolute atomic E-state index is 0. The summed E-state index contributed by atoms with van der Waals surface area (Å²) in [5.74, 6) is 0. The molecule has 0 aliphatic carbocycles. The van der Waals surface area contributed by atoms with Gasteiger partial charge in [-0.3, -0.25) is 0 Å². The maximum atomic E-state index is 8.93. The lowest BCUT2D eigenvalue weighted by atomic mass is 10.1. The van der Waals surface area contributed by atoms with E-state index < -0.39 is 0 Å². The van der Waals surface area contributed by atoms with Gasteiger partial charge in [-0.2, -0.15) is 0 Å². The summed E-state index contributed by atoms with van der Waals surface area (Å²) < 4.78 is 2.48. The first-order chi connectivity index (χ1) is 23.7. The summed E-state index contributed by atoms with van der Waals surface area (Å²) >= 11 is 0. The van der Waals surface area contributed by atoms with E-state index in [-0.39, 0.29) is 19.0 Å². The molecule has 0 aliphatic heterocycles. The highest BCUT2D eigenvalue weighted by atomic mass is 35.5. The van der Waals surface area contributed by atoms with Gasteiger partial charge in [0.15, 0.2) is 0 Å². The summed E-state index contributed by atoms with van der Waals surface area (Å²) in [6.45, 7) is 16.3. The molecule has 0 saturated heterocycles. The molecule has 0 aromatic rings. The van der Waals surface area contributed by atoms with Crippen molar-refractivity contribution >= 4 is 0 Å². The Bertz CT molecular complexity index is 476. The van der Waals surface area contributed by atoms with Crippen LogP contribution in [0.5, 0.6) is 0 Å². The molecule has 0 aromatic carbocycles. The van der Waals surface area contributed by atoms with Gasteiger partial charge in [-0.15, -0.1) is 6.61 Å². The lowest BCUT2D eigenvalue weighted by Gasteiger charge is -2.30. The topological polar surface area (TPSA) is 23.1 Å². The molecule has 0 unspecified atom stereocenters. The van der Waals surface area contributed by atoms with Crippen LogP contribution in [0.15, 0.2) is 0 Å². The monoisotopic (exact) mass is 733 g/mol. The lowest BCUT2D eigenvalue weighted by Crippen LogP contribution is -3.00. The van der Waals surface area contributed by atoms with Crippen LogP contribution in [-0.2, 0) is 0 Å². The third-order valence-corrected chi connectivity index (χ3v) is 10.5. The van der Waals surface area contributed by atoms with Crippen LogP contribution in [0.3, 0.4) is 0 Å². The average molecular weight is 734 g/mol. The van der Waals surface area contributed by atoms with Gasteiger partial charge < -0.3 is 26.5 Å². The molecule has 0 fully saturated rings. The number of quaternary nitrogens is 2. The van der Waals surface area contributed by atoms with E-state index in [1.807, 2.05) is 0 Å². The molecule has 3 nitrogen and oxygen atoms in total. The minimum atomic E-state index is 0. The number of halogens is 1. The smallest absolute Gasteiger partial charge is 0.0782 e. The predicted molar refractivity (Wildman–Crippen MR) is 225 cm³/mol. The fourth-order valence-electron chi connectivity index (χ4n) is 6.92. The van der Waals surface area contributed by atoms with Gasteiger partial charge in [0, 0.05) is 0 Å². The Morgan fingerprint density at radius 2 is 0.380 bits per heavy atom. The van der Waals surface area contributed by atoms with Crippen molar-refractivity contribution in [3.05, 3.63) is 0 Å². The van der Waals surface area contributed by atoms with Gasteiger partial charge in [0.2, 0.25) is 0 Å². The van der Waals surface area contributed by atoms with Crippen molar-refractivity contribution in [2.24, 2.45) is 0 Å². The Balaban J connectivity index is -0.000000385. The molecule has 308 valence electrons. The van der Waals surface area contributed by atoms with Gasteiger partial charge in [-0.25, -0.2) is 0 Å². The summed E-state index contributed by atoms with van der Waals surface area (Å²) in [6.07, 6.45) is 46.1. The van der Waals surface area contributed by atoms with Crippen molar-refractivity contribution in [2.45, 2.75) is 240 Å². The lowest BCUT2D eigenvalue weighted by molar-refractivity contribution is -0.890. The van der Waals surface area contributed by atoms with Gasteiger partial charge in [0.25, 0.3) is 0 Å². The molecule has 50 heavy (non-hydrogen) atoms. The van der Waals surface area contributed by atoms with E-state index in [2.05, 4.69) is 55.9 Å². The number of hydrogen-bond acceptors (Lipinski definition) is 1. The Morgan fingerprint density at radius 1 is 0.260 bits per heavy atom. The molecular formula is C46H101ClN2O. The zero-order valence-electron chi connectivity index (χ0n) is 36.8. The van der Waals surface area contributed by atoms with Crippen LogP contribution in [0, 0.1) is 0 Å². The SMILES string of the molecule is CCCCCCCCCC[N+](C)(C)CCCCCCCCCC.CCCCCCCCCC[N+](C)(C)CCCCCCCCCC.CC[O-].[Cl-]. The van der Waals surface area contributed by atoms with Crippen molar-refractivity contribution in [3.8, 4) is 0 Å². The predicted octanol–water partition coefficient (Wildman–Crippen LogP) is 11.1. The molecule has 0 saturated carbocycles. The first-order valence-electron chi connectivity index (χ1n) is 22.9. The molecule has 4 heteroatoms. The van der Waals surface area contributed by atoms with Crippen LogP contribution in [0.1, 0.15) is 240 Å². The van der Waals surface area contributed by atoms with Crippen LogP contribution in [-0.4, -0.2) is 69.9 Å². The second-order valence-electron chi connectivity index (χ2n) is 17.0. The molecule has 0 bridgehead atoms. The van der Waals surface area contributed by atoms with Gasteiger partial charge in [-0.05, 0) is 51.4 Å². The highest BCUT2D eigenvalue weighted by Crippen LogP contribution is 2.15. The molecule has 0 radical (unpaired) electrons. The third kappa shape index (κ3) is 54.9. The second-order valence-corrected chi connectivity index (χ2v) is 17.0. The summed E-state index contributed by atoms with van der Waals surface area (Å²) in [5, 5.41) is 8.93. The maximum absolute atomic E-state index is 8.93. The fraction of sp³-hybridized carbons (Fsp3) is 1.00. The summed E-state index contributed by atoms with van der Waals surface area (Å²) in [7, 11) is 9.73. The van der Waals surface area contributed by atoms with Crippen molar-refractivity contribution in [1.29, 1.82) is 0 Å². The van der Waals surface area contributed by atoms with Gasteiger partial charge in [0.05, 0.1) is 54.4 Å². The van der Waals surface area contributed by atoms with E-state index in [1.165, 1.54) is 241 Å². The second kappa shape index (κ2) is 47.2. The van der Waals surface area contributed by atoms with Crippen LogP contribution in [0.25, 0.3) is 0 Å². The molecular weight excluding hydrogens is 632 g/mol. The summed E-state index contributed by atoms with van der Waals surface area (Å²) in [4.78, 5) is 0. The van der Waals surface area contributed by atoms with Crippen molar-refractivity contribution in [2.75, 3.05) is 61.0 Å². The average Bonchev–Trinajstić information content (AvgIpc) is 3.06. The quantitative estimate of drug-likeness (QED) is 0.0465. The van der Waals surface area contributed by atoms with Gasteiger partial charge in [-0.1, -0.05) is 189 Å². The zero-order chi connectivity index (χ0) is 37.2. The minimum Gasteiger partial charge on any atom is -1.00 e. The Morgan fingerprint density at radius 3 is 0.520 bits per heavy atom. The van der Waals surface area contributed by atoms with E-state index >= 15 is 0 Å². The largest absolute Gasteiger partial charge is 1.00 e. The van der Waals surface area contributed by atoms with E-state index in [1.54, 1.807) is 6.92 Å². The number of nitrogens with zero attached hydrogens (tertiary/aromatic N) is 2. The normalized spacial score (nSPS) is 11.4. The molecule has 0 aliphatic rings. The molecule has 0 aromatic heterocycles. The van der Waals surface area contributed by atoms with E-state index in [0.29, 0.717) is 0 Å². The zero-order valence-corrected chi connectivity index (χ0v) is 37.6. The van der Waals surface area contributed by atoms with E-state index in [0.717, 1.165) is 0 Å². The van der Waals surface area contributed by atoms with Crippen LogP contribution >= 0.6 is 0 Å². The molecule has 0 atom stereocenters. The van der Waals surface area contributed by atoms with E-state index in [9.17, 15) is 0 Å². The third-order valence-electron chi connectivity index (χ3n) is 10.5. The Hall–Kier alpha value is 0.170. The first kappa shape index (κ1) is 56.9. The summed E-state index contributed by atoms with van der Waals surface area (Å²) in [6, 6.07) is 0. The van der Waals surface area contributed by atoms with Crippen LogP contribution in [0.4, 0.5) is 0 Å². The first-order valence-corrected chi connectivity index (χ1v) is 22.9. The molecule has 0 N–H and O–H groups in total. The van der Waals surface area contributed by atoms with E-state index in [4.69, 9.17) is 5.11 Å². The molecule has 0 amide bonds. The highest BCUT2D eigenvalue weighted by Gasteiger charge is 2.14. The number of unbranched alkanes of at least 4 members (excludes halogenated alkanes) is 28. The number of hydrogen-bond donors (Lipinski definition) is 0. The number of rotatable bonds is 36. The molecule has 0 heterocycles. The summed E-state index contributed by atoms with van der Waals surface area (Å²) in [5.41, 5.74) is 0. The highest BCUT2D eigenvalue weighted by molar-refractivity contribution is 4.50. The van der Waals surface area contributed by atoms with Crippen molar-refractivity contribution < 1.29 is 26.5 Å². The van der Waals surface area contributed by atoms with Crippen molar-refractivity contribution in [3.63, 3.8) is 0 Å². The molecule has 0 rings (SSSR count). The van der Waals surface area contributed by atoms with Gasteiger partial charge in [0.1, 0.15) is 0 Å². The Kier molecular flexibility index (Phi) is 53.7. The fourth-order valence-corrected chi connectivity index (χ4v) is 6.92.